The number of fused-ring (bicyclic) bond motifs is 1. The standard InChI is InChI=1S/C8H14.C5H8/c1-3-7-5-2-6-8(7)4-1;1-2-5-3-4-5/h7-8H,1-6H2;3-5H,2H2,1H3. The summed E-state index contributed by atoms with van der Waals surface area (Å²) in [6, 6.07) is 0. The second-order valence-electron chi connectivity index (χ2n) is 4.84. The van der Waals surface area contributed by atoms with Crippen LogP contribution < -0.4 is 0 Å². The van der Waals surface area contributed by atoms with Crippen molar-refractivity contribution < 1.29 is 0 Å². The summed E-state index contributed by atoms with van der Waals surface area (Å²) in [5, 5.41) is 0. The maximum absolute atomic E-state index is 2.22. The topological polar surface area (TPSA) is 0 Å². The van der Waals surface area contributed by atoms with Gasteiger partial charge in [0.1, 0.15) is 0 Å². The van der Waals surface area contributed by atoms with Crippen molar-refractivity contribution in [1.29, 1.82) is 0 Å². The summed E-state index contributed by atoms with van der Waals surface area (Å²) in [5.74, 6) is 3.24. The van der Waals surface area contributed by atoms with Crippen LogP contribution in [0.4, 0.5) is 0 Å². The van der Waals surface area contributed by atoms with Gasteiger partial charge in [0.05, 0.1) is 0 Å². The lowest BCUT2D eigenvalue weighted by atomic mass is 10.0. The second-order valence-corrected chi connectivity index (χ2v) is 4.84. The summed E-state index contributed by atoms with van der Waals surface area (Å²) in [5.41, 5.74) is 0. The van der Waals surface area contributed by atoms with Crippen LogP contribution in [-0.2, 0) is 0 Å². The van der Waals surface area contributed by atoms with E-state index in [0.717, 1.165) is 5.92 Å². The van der Waals surface area contributed by atoms with Crippen LogP contribution in [0, 0.1) is 17.8 Å². The molecule has 3 rings (SSSR count). The summed E-state index contributed by atoms with van der Waals surface area (Å²) < 4.78 is 0. The van der Waals surface area contributed by atoms with Crippen molar-refractivity contribution in [2.75, 3.05) is 0 Å². The molecular formula is C13H22. The molecule has 0 heterocycles. The monoisotopic (exact) mass is 178 g/mol. The minimum Gasteiger partial charge on any atom is -0.0810 e. The zero-order valence-electron chi connectivity index (χ0n) is 8.84. The first-order chi connectivity index (χ1) is 6.40. The quantitative estimate of drug-likeness (QED) is 0.529. The van der Waals surface area contributed by atoms with Crippen LogP contribution in [-0.4, -0.2) is 0 Å². The van der Waals surface area contributed by atoms with Gasteiger partial charge in [-0.15, -0.1) is 0 Å². The molecule has 13 heavy (non-hydrogen) atoms. The molecular weight excluding hydrogens is 156 g/mol. The fourth-order valence-electron chi connectivity index (χ4n) is 2.87. The van der Waals surface area contributed by atoms with Gasteiger partial charge in [0.2, 0.25) is 0 Å². The highest BCUT2D eigenvalue weighted by Gasteiger charge is 2.30. The largest absolute Gasteiger partial charge is 0.0810 e. The lowest BCUT2D eigenvalue weighted by Crippen LogP contribution is -1.95. The van der Waals surface area contributed by atoms with E-state index in [4.69, 9.17) is 0 Å². The van der Waals surface area contributed by atoms with Crippen molar-refractivity contribution >= 4 is 0 Å². The van der Waals surface area contributed by atoms with Gasteiger partial charge < -0.3 is 0 Å². The lowest BCUT2D eigenvalue weighted by molar-refractivity contribution is 0.457. The van der Waals surface area contributed by atoms with Crippen LogP contribution in [0.1, 0.15) is 51.9 Å². The summed E-state index contributed by atoms with van der Waals surface area (Å²) in [6.07, 6.45) is 15.1. The zero-order valence-corrected chi connectivity index (χ0v) is 8.84. The van der Waals surface area contributed by atoms with Gasteiger partial charge in [0.15, 0.2) is 0 Å². The maximum Gasteiger partial charge on any atom is -0.00557 e. The average Bonchev–Trinajstić information content (AvgIpc) is 2.70. The Hall–Kier alpha value is -0.260. The van der Waals surface area contributed by atoms with Crippen LogP contribution in [0.2, 0.25) is 0 Å². The molecule has 0 radical (unpaired) electrons. The minimum absolute atomic E-state index is 0.884. The van der Waals surface area contributed by atoms with Crippen molar-refractivity contribution in [3.63, 3.8) is 0 Å². The minimum atomic E-state index is 0.884. The Morgan fingerprint density at radius 2 is 1.38 bits per heavy atom. The molecule has 0 amide bonds. The number of allylic oxidation sites excluding steroid dienone is 2. The van der Waals surface area contributed by atoms with Crippen molar-refractivity contribution in [2.45, 2.75) is 51.9 Å². The van der Waals surface area contributed by atoms with E-state index in [2.05, 4.69) is 19.1 Å². The molecule has 3 aliphatic carbocycles. The molecule has 0 bridgehead atoms. The molecule has 0 saturated heterocycles. The fraction of sp³-hybridized carbons (Fsp3) is 0.846. The van der Waals surface area contributed by atoms with E-state index in [0.29, 0.717) is 0 Å². The van der Waals surface area contributed by atoms with Crippen molar-refractivity contribution in [2.24, 2.45) is 17.8 Å². The molecule has 0 aromatic carbocycles. The van der Waals surface area contributed by atoms with E-state index >= 15 is 0 Å². The maximum atomic E-state index is 2.22. The van der Waals surface area contributed by atoms with Crippen molar-refractivity contribution in [1.82, 2.24) is 0 Å². The van der Waals surface area contributed by atoms with Crippen molar-refractivity contribution in [3.8, 4) is 0 Å². The molecule has 0 heteroatoms. The molecule has 74 valence electrons. The number of hydrogen-bond donors (Lipinski definition) is 0. The molecule has 3 aliphatic rings. The van der Waals surface area contributed by atoms with E-state index in [1.807, 2.05) is 0 Å². The van der Waals surface area contributed by atoms with Crippen LogP contribution in [0.15, 0.2) is 12.2 Å². The van der Waals surface area contributed by atoms with Gasteiger partial charge in [-0.1, -0.05) is 57.6 Å². The highest BCUT2D eigenvalue weighted by atomic mass is 14.4. The van der Waals surface area contributed by atoms with Crippen molar-refractivity contribution in [3.05, 3.63) is 12.2 Å². The van der Waals surface area contributed by atoms with Gasteiger partial charge in [-0.25, -0.2) is 0 Å². The van der Waals surface area contributed by atoms with E-state index in [-0.39, 0.29) is 0 Å². The first-order valence-electron chi connectivity index (χ1n) is 6.08. The first-order valence-corrected chi connectivity index (χ1v) is 6.08. The molecule has 2 saturated carbocycles. The third-order valence-electron chi connectivity index (χ3n) is 3.90. The van der Waals surface area contributed by atoms with Crippen LogP contribution in [0.25, 0.3) is 0 Å². The molecule has 0 spiro atoms. The average molecular weight is 178 g/mol. The third-order valence-corrected chi connectivity index (χ3v) is 3.90. The van der Waals surface area contributed by atoms with Gasteiger partial charge in [0.25, 0.3) is 0 Å². The second kappa shape index (κ2) is 4.30. The molecule has 0 aromatic rings. The molecule has 0 aliphatic heterocycles. The smallest absolute Gasteiger partial charge is 0.00557 e. The predicted molar refractivity (Wildman–Crippen MR) is 57.6 cm³/mol. The molecule has 0 unspecified atom stereocenters. The Balaban J connectivity index is 0.000000113. The predicted octanol–water partition coefficient (Wildman–Crippen LogP) is 4.17. The van der Waals surface area contributed by atoms with Gasteiger partial charge in [-0.05, 0) is 24.2 Å². The SMILES string of the molecule is C1CC2CCCC2C1.CCC1C=C1. The number of rotatable bonds is 1. The normalized spacial score (nSPS) is 35.5. The van der Waals surface area contributed by atoms with E-state index in [1.54, 1.807) is 25.7 Å². The lowest BCUT2D eigenvalue weighted by Gasteiger charge is -2.04. The van der Waals surface area contributed by atoms with Gasteiger partial charge >= 0.3 is 0 Å². The Bertz CT molecular complexity index is 154. The highest BCUT2D eigenvalue weighted by molar-refractivity contribution is 5.12. The van der Waals surface area contributed by atoms with Gasteiger partial charge in [-0.3, -0.25) is 0 Å². The van der Waals surface area contributed by atoms with Gasteiger partial charge in [0, 0.05) is 0 Å². The summed E-state index contributed by atoms with van der Waals surface area (Å²) in [7, 11) is 0. The van der Waals surface area contributed by atoms with Crippen LogP contribution in [0.5, 0.6) is 0 Å². The Kier molecular flexibility index (Phi) is 3.08. The molecule has 0 N–H and O–H groups in total. The Morgan fingerprint density at radius 1 is 0.923 bits per heavy atom. The third kappa shape index (κ3) is 2.59. The molecule has 0 atom stereocenters. The summed E-state index contributed by atoms with van der Waals surface area (Å²) >= 11 is 0. The van der Waals surface area contributed by atoms with Crippen LogP contribution in [0.3, 0.4) is 0 Å². The molecule has 0 aromatic heterocycles. The van der Waals surface area contributed by atoms with E-state index in [9.17, 15) is 0 Å². The molecule has 2 fully saturated rings. The number of hydrogen-bond acceptors (Lipinski definition) is 0. The van der Waals surface area contributed by atoms with Gasteiger partial charge in [-0.2, -0.15) is 0 Å². The van der Waals surface area contributed by atoms with E-state index < -0.39 is 0 Å². The Morgan fingerprint density at radius 3 is 1.62 bits per heavy atom. The fourth-order valence-corrected chi connectivity index (χ4v) is 2.87. The highest BCUT2D eigenvalue weighted by Crippen LogP contribution is 2.43. The zero-order chi connectivity index (χ0) is 9.10. The van der Waals surface area contributed by atoms with Crippen LogP contribution >= 0.6 is 0 Å². The van der Waals surface area contributed by atoms with E-state index in [1.165, 1.54) is 31.1 Å². The summed E-state index contributed by atoms with van der Waals surface area (Å²) in [6.45, 7) is 2.20. The first kappa shape index (κ1) is 9.30. The molecule has 0 nitrogen and oxygen atoms in total. The Labute approximate surface area is 82.4 Å². The summed E-state index contributed by atoms with van der Waals surface area (Å²) in [4.78, 5) is 0.